The van der Waals surface area contributed by atoms with Gasteiger partial charge in [-0.3, -0.25) is 9.59 Å². The van der Waals surface area contributed by atoms with Crippen molar-refractivity contribution in [2.75, 3.05) is 11.1 Å². The highest BCUT2D eigenvalue weighted by Crippen LogP contribution is 2.20. The molecule has 1 aromatic carbocycles. The number of anilines is 1. The van der Waals surface area contributed by atoms with Crippen LogP contribution >= 0.6 is 11.8 Å². The SMILES string of the molecule is O=C(CSc1nc2c(c(=O)[nH]1)CCC2)Nc1ccc(F)cc1F. The number of fused-ring (bicyclic) bond motifs is 1. The lowest BCUT2D eigenvalue weighted by Gasteiger charge is -2.06. The molecule has 1 aliphatic carbocycles. The summed E-state index contributed by atoms with van der Waals surface area (Å²) >= 11 is 1.06. The number of amides is 1. The molecule has 1 heterocycles. The summed E-state index contributed by atoms with van der Waals surface area (Å²) in [5.41, 5.74) is 1.24. The van der Waals surface area contributed by atoms with Gasteiger partial charge >= 0.3 is 0 Å². The average molecular weight is 337 g/mol. The number of H-pyrrole nitrogens is 1. The average Bonchev–Trinajstić information content (AvgIpc) is 2.97. The van der Waals surface area contributed by atoms with Crippen molar-refractivity contribution in [3.05, 3.63) is 51.4 Å². The van der Waals surface area contributed by atoms with Crippen molar-refractivity contribution < 1.29 is 13.6 Å². The number of aryl methyl sites for hydroxylation is 1. The van der Waals surface area contributed by atoms with E-state index >= 15 is 0 Å². The van der Waals surface area contributed by atoms with Crippen LogP contribution in [0.2, 0.25) is 0 Å². The van der Waals surface area contributed by atoms with Crippen LogP contribution in [0.5, 0.6) is 0 Å². The first-order valence-electron chi connectivity index (χ1n) is 7.02. The summed E-state index contributed by atoms with van der Waals surface area (Å²) in [7, 11) is 0. The number of nitrogens with one attached hydrogen (secondary N) is 2. The third kappa shape index (κ3) is 3.58. The molecule has 1 aliphatic rings. The van der Waals surface area contributed by atoms with Crippen molar-refractivity contribution in [1.82, 2.24) is 9.97 Å². The van der Waals surface area contributed by atoms with E-state index in [0.717, 1.165) is 48.9 Å². The van der Waals surface area contributed by atoms with Gasteiger partial charge in [0.2, 0.25) is 5.91 Å². The van der Waals surface area contributed by atoms with E-state index < -0.39 is 17.5 Å². The zero-order valence-corrected chi connectivity index (χ0v) is 12.8. The van der Waals surface area contributed by atoms with Gasteiger partial charge in [-0.05, 0) is 31.4 Å². The summed E-state index contributed by atoms with van der Waals surface area (Å²) in [5.74, 6) is -2.07. The Kier molecular flexibility index (Phi) is 4.42. The Bertz CT molecular complexity index is 823. The van der Waals surface area contributed by atoms with Crippen LogP contribution < -0.4 is 10.9 Å². The highest BCUT2D eigenvalue weighted by Gasteiger charge is 2.17. The molecule has 2 aromatic rings. The minimum Gasteiger partial charge on any atom is -0.323 e. The van der Waals surface area contributed by atoms with Gasteiger partial charge in [0.15, 0.2) is 5.16 Å². The van der Waals surface area contributed by atoms with Crippen LogP contribution in [0.1, 0.15) is 17.7 Å². The normalized spacial score (nSPS) is 13.0. The molecule has 5 nitrogen and oxygen atoms in total. The number of hydrogen-bond donors (Lipinski definition) is 2. The van der Waals surface area contributed by atoms with Crippen LogP contribution in [0.3, 0.4) is 0 Å². The van der Waals surface area contributed by atoms with Gasteiger partial charge in [0.1, 0.15) is 11.6 Å². The highest BCUT2D eigenvalue weighted by atomic mass is 32.2. The molecule has 8 heteroatoms. The lowest BCUT2D eigenvalue weighted by Crippen LogP contribution is -2.18. The Labute approximate surface area is 134 Å². The standard InChI is InChI=1S/C15H13F2N3O2S/c16-8-4-5-12(10(17)6-8)18-13(21)7-23-15-19-11-3-1-2-9(11)14(22)20-15/h4-6H,1-3,7H2,(H,18,21)(H,19,20,22). The van der Waals surface area contributed by atoms with Crippen molar-refractivity contribution in [3.63, 3.8) is 0 Å². The number of carbonyl (C=O) groups is 1. The van der Waals surface area contributed by atoms with Crippen LogP contribution in [0.15, 0.2) is 28.2 Å². The fourth-order valence-corrected chi connectivity index (χ4v) is 3.08. The molecule has 0 bridgehead atoms. The van der Waals surface area contributed by atoms with Crippen LogP contribution in [0.25, 0.3) is 0 Å². The van der Waals surface area contributed by atoms with E-state index in [-0.39, 0.29) is 17.0 Å². The fraction of sp³-hybridized carbons (Fsp3) is 0.267. The Morgan fingerprint density at radius 2 is 2.17 bits per heavy atom. The van der Waals surface area contributed by atoms with E-state index in [4.69, 9.17) is 0 Å². The minimum absolute atomic E-state index is 0.0431. The topological polar surface area (TPSA) is 74.8 Å². The molecule has 0 saturated carbocycles. The van der Waals surface area contributed by atoms with Gasteiger partial charge in [0.25, 0.3) is 5.56 Å². The van der Waals surface area contributed by atoms with Gasteiger partial charge in [-0.15, -0.1) is 0 Å². The van der Waals surface area contributed by atoms with Crippen LogP contribution in [0.4, 0.5) is 14.5 Å². The maximum Gasteiger partial charge on any atom is 0.254 e. The maximum atomic E-state index is 13.5. The number of carbonyl (C=O) groups excluding carboxylic acids is 1. The van der Waals surface area contributed by atoms with Crippen molar-refractivity contribution in [3.8, 4) is 0 Å². The van der Waals surface area contributed by atoms with E-state index in [0.29, 0.717) is 16.8 Å². The molecular weight excluding hydrogens is 324 g/mol. The van der Waals surface area contributed by atoms with Crippen molar-refractivity contribution >= 4 is 23.4 Å². The number of nitrogens with zero attached hydrogens (tertiary/aromatic N) is 1. The second-order valence-corrected chi connectivity index (χ2v) is 6.07. The van der Waals surface area contributed by atoms with Crippen LogP contribution in [-0.4, -0.2) is 21.6 Å². The van der Waals surface area contributed by atoms with Gasteiger partial charge in [0, 0.05) is 11.6 Å². The predicted molar refractivity (Wildman–Crippen MR) is 82.6 cm³/mol. The predicted octanol–water partition coefficient (Wildman–Crippen LogP) is 2.27. The number of benzene rings is 1. The molecule has 0 fully saturated rings. The Morgan fingerprint density at radius 1 is 1.35 bits per heavy atom. The molecule has 0 spiro atoms. The second-order valence-electron chi connectivity index (χ2n) is 5.11. The largest absolute Gasteiger partial charge is 0.323 e. The zero-order valence-electron chi connectivity index (χ0n) is 12.0. The number of aromatic nitrogens is 2. The summed E-state index contributed by atoms with van der Waals surface area (Å²) in [5, 5.41) is 2.72. The molecule has 0 unspecified atom stereocenters. The molecule has 0 aliphatic heterocycles. The molecule has 120 valence electrons. The minimum atomic E-state index is -0.840. The fourth-order valence-electron chi connectivity index (χ4n) is 2.40. The molecule has 0 atom stereocenters. The summed E-state index contributed by atoms with van der Waals surface area (Å²) in [6.45, 7) is 0. The van der Waals surface area contributed by atoms with E-state index in [1.165, 1.54) is 0 Å². The molecule has 2 N–H and O–H groups in total. The first kappa shape index (κ1) is 15.7. The first-order chi connectivity index (χ1) is 11.0. The molecule has 1 aromatic heterocycles. The number of aromatic amines is 1. The smallest absolute Gasteiger partial charge is 0.254 e. The van der Waals surface area contributed by atoms with E-state index in [9.17, 15) is 18.4 Å². The first-order valence-corrected chi connectivity index (χ1v) is 8.01. The Balaban J connectivity index is 1.63. The Hall–Kier alpha value is -2.22. The van der Waals surface area contributed by atoms with Crippen LogP contribution in [-0.2, 0) is 17.6 Å². The van der Waals surface area contributed by atoms with E-state index in [1.807, 2.05) is 0 Å². The summed E-state index contributed by atoms with van der Waals surface area (Å²) in [6.07, 6.45) is 2.40. The lowest BCUT2D eigenvalue weighted by molar-refractivity contribution is -0.113. The van der Waals surface area contributed by atoms with Gasteiger partial charge in [-0.2, -0.15) is 0 Å². The maximum absolute atomic E-state index is 13.5. The van der Waals surface area contributed by atoms with Crippen LogP contribution in [0, 0.1) is 11.6 Å². The monoisotopic (exact) mass is 337 g/mol. The molecular formula is C15H13F2N3O2S. The van der Waals surface area contributed by atoms with Crippen molar-refractivity contribution in [1.29, 1.82) is 0 Å². The summed E-state index contributed by atoms with van der Waals surface area (Å²) < 4.78 is 26.3. The molecule has 0 radical (unpaired) electrons. The third-order valence-corrected chi connectivity index (χ3v) is 4.34. The zero-order chi connectivity index (χ0) is 16.4. The summed E-state index contributed by atoms with van der Waals surface area (Å²) in [6, 6.07) is 2.91. The second kappa shape index (κ2) is 6.49. The van der Waals surface area contributed by atoms with Gasteiger partial charge in [-0.25, -0.2) is 13.8 Å². The Morgan fingerprint density at radius 3 is 2.96 bits per heavy atom. The van der Waals surface area contributed by atoms with Crippen molar-refractivity contribution in [2.45, 2.75) is 24.4 Å². The molecule has 3 rings (SSSR count). The third-order valence-electron chi connectivity index (χ3n) is 3.46. The number of halogens is 2. The number of thioether (sulfide) groups is 1. The quantitative estimate of drug-likeness (QED) is 0.663. The molecule has 0 saturated heterocycles. The van der Waals surface area contributed by atoms with E-state index in [1.54, 1.807) is 0 Å². The van der Waals surface area contributed by atoms with Gasteiger partial charge in [0.05, 0.1) is 17.1 Å². The molecule has 23 heavy (non-hydrogen) atoms. The van der Waals surface area contributed by atoms with Crippen molar-refractivity contribution in [2.24, 2.45) is 0 Å². The number of hydrogen-bond acceptors (Lipinski definition) is 4. The van der Waals surface area contributed by atoms with Gasteiger partial charge in [-0.1, -0.05) is 11.8 Å². The van der Waals surface area contributed by atoms with E-state index in [2.05, 4.69) is 15.3 Å². The molecule has 1 amide bonds. The van der Waals surface area contributed by atoms with Gasteiger partial charge < -0.3 is 10.3 Å². The lowest BCUT2D eigenvalue weighted by atomic mass is 10.3. The number of rotatable bonds is 4. The highest BCUT2D eigenvalue weighted by molar-refractivity contribution is 7.99. The summed E-state index contributed by atoms with van der Waals surface area (Å²) in [4.78, 5) is 30.6.